The molecule has 0 heterocycles. The number of carbonyl (C=O) groups excluding carboxylic acids is 1. The molecule has 0 aromatic heterocycles. The van der Waals surface area contributed by atoms with Crippen molar-refractivity contribution in [2.75, 3.05) is 65.4 Å². The summed E-state index contributed by atoms with van der Waals surface area (Å²) in [5.41, 5.74) is 11.3. The first kappa shape index (κ1) is 61.3. The van der Waals surface area contributed by atoms with Gasteiger partial charge >= 0.3 is 0 Å². The summed E-state index contributed by atoms with van der Waals surface area (Å²) >= 11 is 0. The topological polar surface area (TPSA) is 108 Å². The van der Waals surface area contributed by atoms with E-state index >= 15 is 0 Å². The molecule has 62 heavy (non-hydrogen) atoms. The minimum atomic E-state index is 0.162. The predicted molar refractivity (Wildman–Crippen MR) is 277 cm³/mol. The molecule has 0 radical (unpaired) electrons. The minimum Gasteiger partial charge on any atom is -0.342 e. The van der Waals surface area contributed by atoms with E-state index in [0.29, 0.717) is 5.91 Å². The Morgan fingerprint density at radius 2 is 0.597 bits per heavy atom. The summed E-state index contributed by atoms with van der Waals surface area (Å²) in [5.74, 6) is 0.626. The summed E-state index contributed by atoms with van der Waals surface area (Å²) in [4.78, 5) is 16.7. The van der Waals surface area contributed by atoms with Gasteiger partial charge in [-0.25, -0.2) is 0 Å². The van der Waals surface area contributed by atoms with Gasteiger partial charge in [0.05, 0.1) is 0 Å². The van der Waals surface area contributed by atoms with Gasteiger partial charge in [0, 0.05) is 19.0 Å². The Labute approximate surface area is 390 Å². The Morgan fingerprint density at radius 1 is 0.339 bits per heavy atom. The van der Waals surface area contributed by atoms with Gasteiger partial charge in [-0.05, 0) is 117 Å². The Hall–Kier alpha value is -0.730. The maximum Gasteiger partial charge on any atom is 0.225 e. The standard InChI is InChI=1S/C55H116N6O/c1-3-5-7-9-11-13-15-17-19-21-23-25-27-29-31-37-52-61(53-38-32-30-28-26-24-22-20-18-16-14-12-10-8-6-4-2)55(62)54(42-33-34-46-59-50-40-44-56)43-39-49-58-47-35-36-48-60-51-41-45-57/h54,58-60H,3-53,56-57H2,1-2H3. The highest BCUT2D eigenvalue weighted by Crippen LogP contribution is 2.21. The third kappa shape index (κ3) is 47.2. The molecule has 372 valence electrons. The third-order valence-corrected chi connectivity index (χ3v) is 13.4. The van der Waals surface area contributed by atoms with Gasteiger partial charge in [-0.1, -0.05) is 213 Å². The van der Waals surface area contributed by atoms with E-state index in [9.17, 15) is 4.79 Å². The van der Waals surface area contributed by atoms with E-state index in [-0.39, 0.29) is 5.92 Å². The van der Waals surface area contributed by atoms with Crippen molar-refractivity contribution in [3.63, 3.8) is 0 Å². The molecule has 0 fully saturated rings. The van der Waals surface area contributed by atoms with Gasteiger partial charge in [-0.3, -0.25) is 4.79 Å². The Morgan fingerprint density at radius 3 is 0.919 bits per heavy atom. The second-order valence-electron chi connectivity index (χ2n) is 19.5. The highest BCUT2D eigenvalue weighted by Gasteiger charge is 2.23. The SMILES string of the molecule is CCCCCCCCCCCCCCCCCCN(CCCCCCCCCCCCCCCCCC)C(=O)C(CCCCNCCCN)CCCNCCCCNCCCN. The van der Waals surface area contributed by atoms with Gasteiger partial charge in [0.15, 0.2) is 0 Å². The lowest BCUT2D eigenvalue weighted by molar-refractivity contribution is -0.136. The molecule has 0 aliphatic heterocycles. The number of rotatable bonds is 55. The minimum absolute atomic E-state index is 0.162. The van der Waals surface area contributed by atoms with Crippen molar-refractivity contribution >= 4 is 5.91 Å². The fourth-order valence-corrected chi connectivity index (χ4v) is 9.13. The van der Waals surface area contributed by atoms with E-state index in [1.165, 1.54) is 218 Å². The highest BCUT2D eigenvalue weighted by molar-refractivity contribution is 5.78. The largest absolute Gasteiger partial charge is 0.342 e. The summed E-state index contributed by atoms with van der Waals surface area (Å²) in [6.07, 6.45) is 54.3. The Kier molecular flexibility index (Phi) is 54.0. The average Bonchev–Trinajstić information content (AvgIpc) is 3.28. The summed E-state index contributed by atoms with van der Waals surface area (Å²) in [7, 11) is 0. The van der Waals surface area contributed by atoms with Crippen LogP contribution in [0.25, 0.3) is 0 Å². The number of amides is 1. The second-order valence-corrected chi connectivity index (χ2v) is 19.5. The Balaban J connectivity index is 4.80. The number of nitrogens with one attached hydrogen (secondary N) is 3. The van der Waals surface area contributed by atoms with Gasteiger partial charge < -0.3 is 32.3 Å². The van der Waals surface area contributed by atoms with Crippen molar-refractivity contribution < 1.29 is 4.79 Å². The smallest absolute Gasteiger partial charge is 0.225 e. The van der Waals surface area contributed by atoms with E-state index in [1.54, 1.807) is 0 Å². The van der Waals surface area contributed by atoms with Crippen LogP contribution in [-0.2, 0) is 4.79 Å². The van der Waals surface area contributed by atoms with Crippen LogP contribution >= 0.6 is 0 Å². The molecular formula is C55H116N6O. The maximum atomic E-state index is 14.4. The molecule has 0 aliphatic carbocycles. The van der Waals surface area contributed by atoms with E-state index < -0.39 is 0 Å². The first-order valence-electron chi connectivity index (χ1n) is 28.5. The van der Waals surface area contributed by atoms with Crippen LogP contribution in [0.1, 0.15) is 277 Å². The molecule has 1 unspecified atom stereocenters. The van der Waals surface area contributed by atoms with Crippen molar-refractivity contribution in [3.8, 4) is 0 Å². The summed E-state index contributed by atoms with van der Waals surface area (Å²) in [5, 5.41) is 10.7. The van der Waals surface area contributed by atoms with Crippen LogP contribution in [0.4, 0.5) is 0 Å². The number of hydrogen-bond acceptors (Lipinski definition) is 6. The molecule has 1 amide bonds. The quantitative estimate of drug-likeness (QED) is 0.0390. The fourth-order valence-electron chi connectivity index (χ4n) is 9.13. The molecule has 7 N–H and O–H groups in total. The fraction of sp³-hybridized carbons (Fsp3) is 0.982. The van der Waals surface area contributed by atoms with Crippen molar-refractivity contribution in [2.45, 2.75) is 277 Å². The zero-order valence-corrected chi connectivity index (χ0v) is 42.6. The zero-order valence-electron chi connectivity index (χ0n) is 42.6. The van der Waals surface area contributed by atoms with Crippen LogP contribution in [0, 0.1) is 5.92 Å². The van der Waals surface area contributed by atoms with E-state index in [4.69, 9.17) is 11.5 Å². The molecule has 0 spiro atoms. The molecule has 0 aromatic rings. The first-order chi connectivity index (χ1) is 30.7. The molecule has 0 aliphatic rings. The van der Waals surface area contributed by atoms with E-state index in [0.717, 1.165) is 110 Å². The molecule has 1 atom stereocenters. The normalized spacial score (nSPS) is 12.1. The molecule has 0 saturated carbocycles. The van der Waals surface area contributed by atoms with Crippen molar-refractivity contribution in [1.82, 2.24) is 20.9 Å². The molecule has 0 bridgehead atoms. The van der Waals surface area contributed by atoms with Gasteiger partial charge in [-0.15, -0.1) is 0 Å². The molecule has 7 nitrogen and oxygen atoms in total. The number of unbranched alkanes of at least 4 members (excludes halogenated alkanes) is 32. The van der Waals surface area contributed by atoms with Crippen LogP contribution in [0.15, 0.2) is 0 Å². The van der Waals surface area contributed by atoms with Crippen LogP contribution in [0.2, 0.25) is 0 Å². The van der Waals surface area contributed by atoms with Crippen LogP contribution < -0.4 is 27.4 Å². The van der Waals surface area contributed by atoms with Crippen LogP contribution in [-0.4, -0.2) is 76.3 Å². The molecule has 0 aromatic carbocycles. The highest BCUT2D eigenvalue weighted by atomic mass is 16.2. The predicted octanol–water partition coefficient (Wildman–Crippen LogP) is 14.2. The lowest BCUT2D eigenvalue weighted by Crippen LogP contribution is -2.38. The molecule has 7 heteroatoms. The third-order valence-electron chi connectivity index (χ3n) is 13.4. The molecule has 0 saturated heterocycles. The van der Waals surface area contributed by atoms with Crippen molar-refractivity contribution in [3.05, 3.63) is 0 Å². The van der Waals surface area contributed by atoms with Gasteiger partial charge in [0.2, 0.25) is 5.91 Å². The number of hydrogen-bond donors (Lipinski definition) is 5. The summed E-state index contributed by atoms with van der Waals surface area (Å²) in [6, 6.07) is 0. The lowest BCUT2D eigenvalue weighted by Gasteiger charge is -2.28. The van der Waals surface area contributed by atoms with Crippen LogP contribution in [0.5, 0.6) is 0 Å². The Bertz CT molecular complexity index is 794. The molecular weight excluding hydrogens is 761 g/mol. The number of nitrogens with zero attached hydrogens (tertiary/aromatic N) is 1. The van der Waals surface area contributed by atoms with Gasteiger partial charge in [0.25, 0.3) is 0 Å². The van der Waals surface area contributed by atoms with E-state index in [2.05, 4.69) is 34.7 Å². The number of nitrogens with two attached hydrogens (primary N) is 2. The summed E-state index contributed by atoms with van der Waals surface area (Å²) in [6.45, 7) is 14.3. The van der Waals surface area contributed by atoms with Crippen molar-refractivity contribution in [2.24, 2.45) is 17.4 Å². The number of carbonyl (C=O) groups is 1. The maximum absolute atomic E-state index is 14.4. The summed E-state index contributed by atoms with van der Waals surface area (Å²) < 4.78 is 0. The van der Waals surface area contributed by atoms with Crippen LogP contribution in [0.3, 0.4) is 0 Å². The molecule has 0 rings (SSSR count). The van der Waals surface area contributed by atoms with E-state index in [1.807, 2.05) is 0 Å². The average molecular weight is 878 g/mol. The van der Waals surface area contributed by atoms with Gasteiger partial charge in [-0.2, -0.15) is 0 Å². The lowest BCUT2D eigenvalue weighted by atomic mass is 9.94. The zero-order chi connectivity index (χ0) is 44.9. The first-order valence-corrected chi connectivity index (χ1v) is 28.5. The second kappa shape index (κ2) is 54.6. The van der Waals surface area contributed by atoms with Gasteiger partial charge in [0.1, 0.15) is 0 Å². The van der Waals surface area contributed by atoms with Crippen molar-refractivity contribution in [1.29, 1.82) is 0 Å². The monoisotopic (exact) mass is 877 g/mol.